The van der Waals surface area contributed by atoms with E-state index in [2.05, 4.69) is 21.3 Å². The van der Waals surface area contributed by atoms with Gasteiger partial charge in [0.05, 0.1) is 89.9 Å². The summed E-state index contributed by atoms with van der Waals surface area (Å²) in [5.41, 5.74) is 3.70. The van der Waals surface area contributed by atoms with Gasteiger partial charge in [0.15, 0.2) is 0 Å². The maximum atomic E-state index is 5.67. The lowest BCUT2D eigenvalue weighted by atomic mass is 10.2. The van der Waals surface area contributed by atoms with Crippen molar-refractivity contribution in [3.8, 4) is 11.5 Å². The van der Waals surface area contributed by atoms with E-state index in [9.17, 15) is 0 Å². The SMILES string of the molecule is COc1cc2nc(c1)CNCCOCCOCCNCc1cc(OC)cc(n1)CNCCOCCOCCNC2. The standard InChI is InChI=1S/C28H46N6O6/c1-35-27-15-23-19-29-3-7-37-11-13-39-9-5-31-21-25-17-28(36-2)18-26(34-25)22-32-6-10-40-14-12-38-8-4-30-20-24(16-27)33-23/h15-18,29-32H,3-14,19-22H2,1-2H3. The van der Waals surface area contributed by atoms with Crippen molar-refractivity contribution in [1.29, 1.82) is 0 Å². The molecular weight excluding hydrogens is 516 g/mol. The van der Waals surface area contributed by atoms with Gasteiger partial charge in [-0.1, -0.05) is 0 Å². The van der Waals surface area contributed by atoms with Gasteiger partial charge in [-0.2, -0.15) is 0 Å². The van der Waals surface area contributed by atoms with Crippen LogP contribution < -0.4 is 30.7 Å². The van der Waals surface area contributed by atoms with Crippen molar-refractivity contribution < 1.29 is 28.4 Å². The largest absolute Gasteiger partial charge is 0.497 e. The van der Waals surface area contributed by atoms with Crippen LogP contribution in [-0.2, 0) is 45.1 Å². The molecule has 0 aliphatic carbocycles. The van der Waals surface area contributed by atoms with Crippen LogP contribution in [0.5, 0.6) is 11.5 Å². The lowest BCUT2D eigenvalue weighted by Gasteiger charge is -2.12. The molecule has 40 heavy (non-hydrogen) atoms. The van der Waals surface area contributed by atoms with E-state index in [1.54, 1.807) is 14.2 Å². The van der Waals surface area contributed by atoms with Crippen LogP contribution in [0.15, 0.2) is 24.3 Å². The zero-order valence-electron chi connectivity index (χ0n) is 24.0. The summed E-state index contributed by atoms with van der Waals surface area (Å²) in [7, 11) is 3.34. The summed E-state index contributed by atoms with van der Waals surface area (Å²) in [6.07, 6.45) is 0. The molecular formula is C28H46N6O6. The van der Waals surface area contributed by atoms with E-state index in [4.69, 9.17) is 38.4 Å². The molecule has 2 aromatic heterocycles. The molecule has 0 radical (unpaired) electrons. The number of hydrogen-bond donors (Lipinski definition) is 4. The third kappa shape index (κ3) is 13.8. The second-order valence-corrected chi connectivity index (χ2v) is 9.14. The molecule has 1 aliphatic rings. The predicted octanol–water partition coefficient (Wildman–Crippen LogP) is 0.632. The number of nitrogens with one attached hydrogen (secondary N) is 4. The summed E-state index contributed by atoms with van der Waals surface area (Å²) < 4.78 is 33.6. The van der Waals surface area contributed by atoms with Crippen LogP contribution in [0.25, 0.3) is 0 Å². The molecule has 12 heteroatoms. The normalized spacial score (nSPS) is 18.9. The van der Waals surface area contributed by atoms with E-state index in [-0.39, 0.29) is 0 Å². The maximum Gasteiger partial charge on any atom is 0.122 e. The number of ether oxygens (including phenoxy) is 6. The molecule has 0 saturated heterocycles. The Morgan fingerprint density at radius 1 is 0.475 bits per heavy atom. The van der Waals surface area contributed by atoms with Crippen LogP contribution in [0.4, 0.5) is 0 Å². The quantitative estimate of drug-likeness (QED) is 0.410. The number of methoxy groups -OCH3 is 2. The van der Waals surface area contributed by atoms with E-state index < -0.39 is 0 Å². The number of rotatable bonds is 2. The van der Waals surface area contributed by atoms with Crippen molar-refractivity contribution in [2.45, 2.75) is 26.2 Å². The smallest absolute Gasteiger partial charge is 0.122 e. The molecule has 0 saturated carbocycles. The summed E-state index contributed by atoms with van der Waals surface area (Å²) in [5, 5.41) is 13.5. The number of pyridine rings is 2. The summed E-state index contributed by atoms with van der Waals surface area (Å²) in [5.74, 6) is 1.59. The fraction of sp³-hybridized carbons (Fsp3) is 0.643. The van der Waals surface area contributed by atoms with Crippen LogP contribution in [0.3, 0.4) is 0 Å². The van der Waals surface area contributed by atoms with Crippen molar-refractivity contribution >= 4 is 0 Å². The van der Waals surface area contributed by atoms with E-state index in [0.29, 0.717) is 79.0 Å². The first kappa shape index (κ1) is 32.1. The van der Waals surface area contributed by atoms with Crippen molar-refractivity contribution in [2.24, 2.45) is 0 Å². The Bertz CT molecular complexity index is 814. The molecule has 224 valence electrons. The molecule has 3 rings (SSSR count). The summed E-state index contributed by atoms with van der Waals surface area (Å²) in [6, 6.07) is 7.79. The third-order valence-corrected chi connectivity index (χ3v) is 5.94. The summed E-state index contributed by atoms with van der Waals surface area (Å²) >= 11 is 0. The third-order valence-electron chi connectivity index (χ3n) is 5.94. The van der Waals surface area contributed by atoms with E-state index in [1.165, 1.54) is 0 Å². The van der Waals surface area contributed by atoms with Gasteiger partial charge < -0.3 is 49.7 Å². The van der Waals surface area contributed by atoms with Gasteiger partial charge in [0.2, 0.25) is 0 Å². The topological polar surface area (TPSA) is 129 Å². The highest BCUT2D eigenvalue weighted by molar-refractivity contribution is 5.28. The molecule has 2 aromatic rings. The number of hydrogen-bond acceptors (Lipinski definition) is 12. The Balaban J connectivity index is 1.44. The molecule has 3 heterocycles. The molecule has 0 atom stereocenters. The van der Waals surface area contributed by atoms with Crippen molar-refractivity contribution in [1.82, 2.24) is 31.2 Å². The minimum Gasteiger partial charge on any atom is -0.497 e. The van der Waals surface area contributed by atoms with E-state index in [0.717, 1.165) is 60.5 Å². The van der Waals surface area contributed by atoms with Crippen LogP contribution >= 0.6 is 0 Å². The molecule has 0 unspecified atom stereocenters. The minimum absolute atomic E-state index is 0.553. The molecule has 4 bridgehead atoms. The Labute approximate surface area is 237 Å². The van der Waals surface area contributed by atoms with Crippen molar-refractivity contribution in [3.63, 3.8) is 0 Å². The predicted molar refractivity (Wildman–Crippen MR) is 152 cm³/mol. The van der Waals surface area contributed by atoms with E-state index in [1.807, 2.05) is 24.3 Å². The monoisotopic (exact) mass is 562 g/mol. The highest BCUT2D eigenvalue weighted by Crippen LogP contribution is 2.15. The van der Waals surface area contributed by atoms with Gasteiger partial charge in [-0.3, -0.25) is 9.97 Å². The Morgan fingerprint density at radius 2 is 0.750 bits per heavy atom. The van der Waals surface area contributed by atoms with Crippen LogP contribution in [0.1, 0.15) is 22.8 Å². The Kier molecular flexibility index (Phi) is 16.4. The van der Waals surface area contributed by atoms with Crippen LogP contribution in [-0.4, -0.2) is 103 Å². The van der Waals surface area contributed by atoms with Gasteiger partial charge in [0, 0.05) is 76.6 Å². The molecule has 12 nitrogen and oxygen atoms in total. The lowest BCUT2D eigenvalue weighted by molar-refractivity contribution is 0.0496. The van der Waals surface area contributed by atoms with Gasteiger partial charge in [0.25, 0.3) is 0 Å². The van der Waals surface area contributed by atoms with Crippen LogP contribution in [0, 0.1) is 0 Å². The molecule has 1 aliphatic heterocycles. The average molecular weight is 563 g/mol. The Morgan fingerprint density at radius 3 is 1.00 bits per heavy atom. The van der Waals surface area contributed by atoms with E-state index >= 15 is 0 Å². The Hall–Kier alpha value is -2.42. The molecule has 0 amide bonds. The van der Waals surface area contributed by atoms with Gasteiger partial charge in [0.1, 0.15) is 11.5 Å². The first-order chi connectivity index (χ1) is 19.8. The first-order valence-corrected chi connectivity index (χ1v) is 14.0. The number of nitrogens with zero attached hydrogens (tertiary/aromatic N) is 2. The highest BCUT2D eigenvalue weighted by Gasteiger charge is 2.06. The summed E-state index contributed by atoms with van der Waals surface area (Å²) in [6.45, 7) is 10.1. The van der Waals surface area contributed by atoms with Gasteiger partial charge in [-0.25, -0.2) is 0 Å². The second kappa shape index (κ2) is 20.5. The fourth-order valence-electron chi connectivity index (χ4n) is 3.92. The number of fused-ring (bicyclic) bond motifs is 4. The molecule has 0 aromatic carbocycles. The van der Waals surface area contributed by atoms with Crippen molar-refractivity contribution in [2.75, 3.05) is 93.3 Å². The number of aromatic nitrogens is 2. The molecule has 4 N–H and O–H groups in total. The highest BCUT2D eigenvalue weighted by atomic mass is 16.5. The van der Waals surface area contributed by atoms with Crippen molar-refractivity contribution in [3.05, 3.63) is 47.0 Å². The molecule has 0 spiro atoms. The minimum atomic E-state index is 0.553. The fourth-order valence-corrected chi connectivity index (χ4v) is 3.92. The average Bonchev–Trinajstić information content (AvgIpc) is 2.97. The van der Waals surface area contributed by atoms with Gasteiger partial charge in [-0.15, -0.1) is 0 Å². The van der Waals surface area contributed by atoms with Gasteiger partial charge in [-0.05, 0) is 0 Å². The summed E-state index contributed by atoms with van der Waals surface area (Å²) in [4.78, 5) is 9.45. The lowest BCUT2D eigenvalue weighted by Crippen LogP contribution is -2.24. The zero-order valence-corrected chi connectivity index (χ0v) is 24.0. The van der Waals surface area contributed by atoms with Gasteiger partial charge >= 0.3 is 0 Å². The second-order valence-electron chi connectivity index (χ2n) is 9.14. The maximum absolute atomic E-state index is 5.67. The zero-order chi connectivity index (χ0) is 28.1. The van der Waals surface area contributed by atoms with Crippen LogP contribution in [0.2, 0.25) is 0 Å². The first-order valence-electron chi connectivity index (χ1n) is 14.0. The molecule has 0 fully saturated rings.